The Bertz CT molecular complexity index is 570. The summed E-state index contributed by atoms with van der Waals surface area (Å²) in [5.74, 6) is 1.40. The summed E-state index contributed by atoms with van der Waals surface area (Å²) in [6.45, 7) is 8.10. The Labute approximate surface area is 134 Å². The molecule has 1 aromatic carbocycles. The summed E-state index contributed by atoms with van der Waals surface area (Å²) in [6.07, 6.45) is 1.87. The molecule has 2 rings (SSSR count). The van der Waals surface area contributed by atoms with Crippen molar-refractivity contribution in [1.82, 2.24) is 15.1 Å². The minimum atomic E-state index is 0.289. The molecule has 0 aliphatic carbocycles. The highest BCUT2D eigenvalue weighted by atomic mass is 79.9. The summed E-state index contributed by atoms with van der Waals surface area (Å²) >= 11 is 3.64. The van der Waals surface area contributed by atoms with Crippen molar-refractivity contribution in [2.75, 3.05) is 6.54 Å². The lowest BCUT2D eigenvalue weighted by Crippen LogP contribution is -2.28. The second-order valence-corrected chi connectivity index (χ2v) is 5.97. The Balaban J connectivity index is 2.16. The van der Waals surface area contributed by atoms with Crippen LogP contribution in [0.25, 0.3) is 0 Å². The van der Waals surface area contributed by atoms with Gasteiger partial charge >= 0.3 is 0 Å². The molecule has 0 aliphatic heterocycles. The average molecular weight is 352 g/mol. The van der Waals surface area contributed by atoms with Gasteiger partial charge < -0.3 is 4.42 Å². The van der Waals surface area contributed by atoms with E-state index in [0.29, 0.717) is 18.3 Å². The third kappa shape index (κ3) is 4.14. The number of benzene rings is 1. The Morgan fingerprint density at radius 2 is 1.90 bits per heavy atom. The summed E-state index contributed by atoms with van der Waals surface area (Å²) in [5.41, 5.74) is 1.28. The van der Waals surface area contributed by atoms with Gasteiger partial charge in [0.1, 0.15) is 0 Å². The molecule has 0 aliphatic rings. The molecule has 1 aromatic heterocycles. The van der Waals surface area contributed by atoms with E-state index in [2.05, 4.69) is 63.1 Å². The molecule has 0 bridgehead atoms. The fourth-order valence-electron chi connectivity index (χ4n) is 2.38. The number of halogens is 1. The molecule has 0 N–H and O–H groups in total. The number of hydrogen-bond acceptors (Lipinski definition) is 4. The van der Waals surface area contributed by atoms with E-state index >= 15 is 0 Å². The zero-order valence-electron chi connectivity index (χ0n) is 12.8. The SMILES string of the molecule is CCCN(Cc1nnc(CC)o1)C(C)c1ccccc1Br. The van der Waals surface area contributed by atoms with Crippen molar-refractivity contribution in [3.63, 3.8) is 0 Å². The quantitative estimate of drug-likeness (QED) is 0.742. The maximum absolute atomic E-state index is 5.65. The first-order valence-electron chi connectivity index (χ1n) is 7.45. The van der Waals surface area contributed by atoms with Crippen molar-refractivity contribution in [1.29, 1.82) is 0 Å². The predicted molar refractivity (Wildman–Crippen MR) is 86.9 cm³/mol. The molecule has 0 saturated heterocycles. The fourth-order valence-corrected chi connectivity index (χ4v) is 2.99. The zero-order valence-corrected chi connectivity index (χ0v) is 14.4. The first-order chi connectivity index (χ1) is 10.2. The Hall–Kier alpha value is -1.20. The number of nitrogens with zero attached hydrogens (tertiary/aromatic N) is 3. The first-order valence-corrected chi connectivity index (χ1v) is 8.24. The third-order valence-corrected chi connectivity index (χ3v) is 4.29. The smallest absolute Gasteiger partial charge is 0.230 e. The molecule has 0 spiro atoms. The number of aryl methyl sites for hydroxylation is 1. The van der Waals surface area contributed by atoms with Gasteiger partial charge in [0, 0.05) is 16.9 Å². The normalized spacial score (nSPS) is 12.8. The predicted octanol–water partition coefficient (Wildman–Crippen LogP) is 4.37. The second kappa shape index (κ2) is 7.71. The molecular weight excluding hydrogens is 330 g/mol. The lowest BCUT2D eigenvalue weighted by Gasteiger charge is -2.28. The first kappa shape index (κ1) is 16.2. The summed E-state index contributed by atoms with van der Waals surface area (Å²) in [5, 5.41) is 8.18. The van der Waals surface area contributed by atoms with E-state index in [0.717, 1.165) is 23.9 Å². The standard InChI is InChI=1S/C16H22BrN3O/c1-4-10-20(11-16-19-18-15(5-2)21-16)12(3)13-8-6-7-9-14(13)17/h6-9,12H,4-5,10-11H2,1-3H3. The van der Waals surface area contributed by atoms with Gasteiger partial charge in [-0.05, 0) is 31.5 Å². The van der Waals surface area contributed by atoms with Crippen molar-refractivity contribution in [2.24, 2.45) is 0 Å². The highest BCUT2D eigenvalue weighted by Crippen LogP contribution is 2.28. The second-order valence-electron chi connectivity index (χ2n) is 5.11. The lowest BCUT2D eigenvalue weighted by atomic mass is 10.1. The molecule has 4 nitrogen and oxygen atoms in total. The molecular formula is C16H22BrN3O. The van der Waals surface area contributed by atoms with Gasteiger partial charge in [-0.3, -0.25) is 4.90 Å². The van der Waals surface area contributed by atoms with Crippen LogP contribution in [0.2, 0.25) is 0 Å². The molecule has 21 heavy (non-hydrogen) atoms. The highest BCUT2D eigenvalue weighted by Gasteiger charge is 2.19. The van der Waals surface area contributed by atoms with E-state index in [4.69, 9.17) is 4.42 Å². The minimum Gasteiger partial charge on any atom is -0.424 e. The molecule has 0 radical (unpaired) electrons. The van der Waals surface area contributed by atoms with Gasteiger partial charge in [-0.1, -0.05) is 48.0 Å². The van der Waals surface area contributed by atoms with Crippen LogP contribution < -0.4 is 0 Å². The van der Waals surface area contributed by atoms with Crippen LogP contribution in [0.5, 0.6) is 0 Å². The topological polar surface area (TPSA) is 42.2 Å². The molecule has 1 unspecified atom stereocenters. The van der Waals surface area contributed by atoms with Gasteiger partial charge in [-0.15, -0.1) is 10.2 Å². The van der Waals surface area contributed by atoms with E-state index in [1.54, 1.807) is 0 Å². The molecule has 2 aromatic rings. The number of rotatable bonds is 7. The van der Waals surface area contributed by atoms with E-state index in [-0.39, 0.29) is 6.04 Å². The van der Waals surface area contributed by atoms with Gasteiger partial charge in [0.25, 0.3) is 0 Å². The molecule has 1 heterocycles. The average Bonchev–Trinajstić information content (AvgIpc) is 2.94. The Morgan fingerprint density at radius 3 is 2.52 bits per heavy atom. The van der Waals surface area contributed by atoms with E-state index in [1.165, 1.54) is 5.56 Å². The zero-order chi connectivity index (χ0) is 15.2. The van der Waals surface area contributed by atoms with Crippen molar-refractivity contribution in [3.8, 4) is 0 Å². The maximum atomic E-state index is 5.65. The fraction of sp³-hybridized carbons (Fsp3) is 0.500. The third-order valence-electron chi connectivity index (χ3n) is 3.56. The van der Waals surface area contributed by atoms with Gasteiger partial charge in [-0.25, -0.2) is 0 Å². The van der Waals surface area contributed by atoms with Crippen molar-refractivity contribution >= 4 is 15.9 Å². The molecule has 0 saturated carbocycles. The molecule has 0 fully saturated rings. The monoisotopic (exact) mass is 351 g/mol. The molecule has 0 amide bonds. The number of aromatic nitrogens is 2. The van der Waals surface area contributed by atoms with Gasteiger partial charge in [-0.2, -0.15) is 0 Å². The van der Waals surface area contributed by atoms with E-state index in [1.807, 2.05) is 13.0 Å². The molecule has 5 heteroatoms. The van der Waals surface area contributed by atoms with E-state index in [9.17, 15) is 0 Å². The Kier molecular flexibility index (Phi) is 5.94. The molecule has 1 atom stereocenters. The van der Waals surface area contributed by atoms with Crippen LogP contribution in [0.4, 0.5) is 0 Å². The summed E-state index contributed by atoms with van der Waals surface area (Å²) in [4.78, 5) is 2.37. The van der Waals surface area contributed by atoms with Crippen molar-refractivity contribution < 1.29 is 4.42 Å². The van der Waals surface area contributed by atoms with Crippen LogP contribution in [0.3, 0.4) is 0 Å². The van der Waals surface area contributed by atoms with Crippen LogP contribution in [-0.2, 0) is 13.0 Å². The number of hydrogen-bond donors (Lipinski definition) is 0. The minimum absolute atomic E-state index is 0.289. The maximum Gasteiger partial charge on any atom is 0.230 e. The van der Waals surface area contributed by atoms with E-state index < -0.39 is 0 Å². The van der Waals surface area contributed by atoms with Crippen molar-refractivity contribution in [2.45, 2.75) is 46.2 Å². The van der Waals surface area contributed by atoms with Crippen LogP contribution in [0, 0.1) is 0 Å². The van der Waals surface area contributed by atoms with Crippen molar-refractivity contribution in [3.05, 3.63) is 46.1 Å². The highest BCUT2D eigenvalue weighted by molar-refractivity contribution is 9.10. The van der Waals surface area contributed by atoms with Crippen LogP contribution >= 0.6 is 15.9 Å². The van der Waals surface area contributed by atoms with Gasteiger partial charge in [0.05, 0.1) is 6.54 Å². The van der Waals surface area contributed by atoms with Crippen LogP contribution in [0.1, 0.15) is 50.6 Å². The Morgan fingerprint density at radius 1 is 1.19 bits per heavy atom. The molecule has 114 valence electrons. The largest absolute Gasteiger partial charge is 0.424 e. The van der Waals surface area contributed by atoms with Crippen LogP contribution in [-0.4, -0.2) is 21.6 Å². The summed E-state index contributed by atoms with van der Waals surface area (Å²) in [6, 6.07) is 8.64. The van der Waals surface area contributed by atoms with Gasteiger partial charge in [0.15, 0.2) is 0 Å². The summed E-state index contributed by atoms with van der Waals surface area (Å²) in [7, 11) is 0. The van der Waals surface area contributed by atoms with Crippen LogP contribution in [0.15, 0.2) is 33.2 Å². The van der Waals surface area contributed by atoms with Gasteiger partial charge in [0.2, 0.25) is 11.8 Å². The summed E-state index contributed by atoms with van der Waals surface area (Å²) < 4.78 is 6.79. The lowest BCUT2D eigenvalue weighted by molar-refractivity contribution is 0.181.